The summed E-state index contributed by atoms with van der Waals surface area (Å²) < 4.78 is 19.7. The largest absolute Gasteiger partial charge is 0.478 e. The zero-order chi connectivity index (χ0) is 28.0. The normalized spacial score (nSPS) is 13.2. The molecule has 0 saturated carbocycles. The first kappa shape index (κ1) is 29.3. The molecule has 3 rings (SSSR count). The second-order valence-electron chi connectivity index (χ2n) is 9.78. The van der Waals surface area contributed by atoms with Gasteiger partial charge < -0.3 is 25.4 Å². The standard InChI is InChI=1S/C29H31ClFNO6/c1-17(38-16-20(33)15-32-29(2,3)14-18-8-11-25(30)26(31)12-18)21-6-4-5-7-22(21)19-9-10-23(27(34)35)24(13-19)28(36)37/h4-13,17,20,32-33H,14-16H2,1-3H3,(H,34,35)(H,36,37)/t17?,20-/m1/s1. The molecule has 2 atom stereocenters. The Hall–Kier alpha value is -3.30. The first-order valence-electron chi connectivity index (χ1n) is 12.1. The quantitative estimate of drug-likeness (QED) is 0.235. The number of benzene rings is 3. The summed E-state index contributed by atoms with van der Waals surface area (Å²) in [4.78, 5) is 23.0. The average Bonchev–Trinajstić information content (AvgIpc) is 2.87. The zero-order valence-electron chi connectivity index (χ0n) is 21.4. The van der Waals surface area contributed by atoms with Crippen molar-refractivity contribution in [2.24, 2.45) is 0 Å². The van der Waals surface area contributed by atoms with E-state index in [9.17, 15) is 29.3 Å². The van der Waals surface area contributed by atoms with Crippen molar-refractivity contribution in [3.05, 3.63) is 93.8 Å². The number of ether oxygens (including phenoxy) is 1. The fourth-order valence-corrected chi connectivity index (χ4v) is 4.33. The topological polar surface area (TPSA) is 116 Å². The Morgan fingerprint density at radius 3 is 2.37 bits per heavy atom. The fraction of sp³-hybridized carbons (Fsp3) is 0.310. The van der Waals surface area contributed by atoms with Gasteiger partial charge in [-0.1, -0.05) is 48.0 Å². The summed E-state index contributed by atoms with van der Waals surface area (Å²) in [6.07, 6.45) is -0.741. The van der Waals surface area contributed by atoms with E-state index >= 15 is 0 Å². The lowest BCUT2D eigenvalue weighted by atomic mass is 9.93. The number of carboxylic acid groups (broad SMARTS) is 2. The van der Waals surface area contributed by atoms with Crippen molar-refractivity contribution in [2.45, 2.75) is 44.9 Å². The van der Waals surface area contributed by atoms with Crippen LogP contribution in [-0.2, 0) is 11.2 Å². The molecule has 0 aromatic heterocycles. The third-order valence-corrected chi connectivity index (χ3v) is 6.48. The molecule has 202 valence electrons. The summed E-state index contributed by atoms with van der Waals surface area (Å²) >= 11 is 5.76. The van der Waals surface area contributed by atoms with E-state index in [2.05, 4.69) is 5.32 Å². The Morgan fingerprint density at radius 2 is 1.71 bits per heavy atom. The number of rotatable bonds is 12. The minimum atomic E-state index is -1.33. The van der Waals surface area contributed by atoms with Crippen LogP contribution in [0.15, 0.2) is 60.7 Å². The van der Waals surface area contributed by atoms with Gasteiger partial charge in [-0.25, -0.2) is 14.0 Å². The third-order valence-electron chi connectivity index (χ3n) is 6.18. The Bertz CT molecular complexity index is 1310. The molecule has 0 bridgehead atoms. The maximum atomic E-state index is 13.8. The van der Waals surface area contributed by atoms with Gasteiger partial charge in [-0.15, -0.1) is 0 Å². The second kappa shape index (κ2) is 12.5. The van der Waals surface area contributed by atoms with Gasteiger partial charge in [0.05, 0.1) is 35.0 Å². The molecule has 3 aromatic rings. The van der Waals surface area contributed by atoms with Crippen LogP contribution < -0.4 is 5.32 Å². The van der Waals surface area contributed by atoms with Crippen molar-refractivity contribution in [1.29, 1.82) is 0 Å². The summed E-state index contributed by atoms with van der Waals surface area (Å²) in [6, 6.07) is 16.1. The molecule has 3 aromatic carbocycles. The van der Waals surface area contributed by atoms with E-state index in [0.717, 1.165) is 11.1 Å². The molecule has 0 amide bonds. The van der Waals surface area contributed by atoms with Crippen molar-refractivity contribution >= 4 is 23.5 Å². The van der Waals surface area contributed by atoms with Crippen molar-refractivity contribution in [2.75, 3.05) is 13.2 Å². The summed E-state index contributed by atoms with van der Waals surface area (Å²) in [7, 11) is 0. The highest BCUT2D eigenvalue weighted by molar-refractivity contribution is 6.30. The molecule has 0 fully saturated rings. The van der Waals surface area contributed by atoms with Gasteiger partial charge in [0.1, 0.15) is 5.82 Å². The Labute approximate surface area is 225 Å². The van der Waals surface area contributed by atoms with Gasteiger partial charge in [-0.2, -0.15) is 0 Å². The molecule has 0 aliphatic carbocycles. The van der Waals surface area contributed by atoms with Gasteiger partial charge in [-0.3, -0.25) is 0 Å². The number of β-amino-alcohol motifs (C(OH)–C–C–N with tert-alkyl or cyclic N) is 1. The number of nitrogens with one attached hydrogen (secondary N) is 1. The molecule has 4 N–H and O–H groups in total. The van der Waals surface area contributed by atoms with E-state index in [-0.39, 0.29) is 29.3 Å². The Morgan fingerprint density at radius 1 is 1.03 bits per heavy atom. The van der Waals surface area contributed by atoms with E-state index in [1.807, 2.05) is 32.9 Å². The van der Waals surface area contributed by atoms with Crippen LogP contribution in [0.1, 0.15) is 58.7 Å². The molecule has 0 radical (unpaired) electrons. The fourth-order valence-electron chi connectivity index (χ4n) is 4.21. The molecule has 0 heterocycles. The molecule has 0 spiro atoms. The lowest BCUT2D eigenvalue weighted by Crippen LogP contribution is -2.46. The van der Waals surface area contributed by atoms with Gasteiger partial charge in [0.2, 0.25) is 0 Å². The van der Waals surface area contributed by atoms with Crippen LogP contribution >= 0.6 is 11.6 Å². The van der Waals surface area contributed by atoms with Crippen LogP contribution in [0.2, 0.25) is 5.02 Å². The van der Waals surface area contributed by atoms with E-state index in [0.29, 0.717) is 17.5 Å². The molecule has 0 aliphatic rings. The number of carboxylic acids is 2. The molecule has 9 heteroatoms. The molecule has 1 unspecified atom stereocenters. The number of hydrogen-bond acceptors (Lipinski definition) is 5. The van der Waals surface area contributed by atoms with Crippen LogP contribution in [0.25, 0.3) is 11.1 Å². The summed E-state index contributed by atoms with van der Waals surface area (Å²) in [6.45, 7) is 6.00. The maximum absolute atomic E-state index is 13.8. The first-order chi connectivity index (χ1) is 17.9. The molecule has 0 saturated heterocycles. The van der Waals surface area contributed by atoms with Crippen LogP contribution in [0.5, 0.6) is 0 Å². The van der Waals surface area contributed by atoms with Gasteiger partial charge in [-0.05, 0) is 73.7 Å². The Balaban J connectivity index is 1.64. The zero-order valence-corrected chi connectivity index (χ0v) is 22.1. The second-order valence-corrected chi connectivity index (χ2v) is 10.2. The van der Waals surface area contributed by atoms with Crippen LogP contribution in [0.3, 0.4) is 0 Å². The number of carbonyl (C=O) groups is 2. The maximum Gasteiger partial charge on any atom is 0.336 e. The third kappa shape index (κ3) is 7.61. The van der Waals surface area contributed by atoms with Crippen LogP contribution in [0.4, 0.5) is 4.39 Å². The highest BCUT2D eigenvalue weighted by atomic mass is 35.5. The SMILES string of the molecule is CC(OC[C@H](O)CNC(C)(C)Cc1ccc(Cl)c(F)c1)c1ccccc1-c1ccc(C(=O)O)c(C(=O)O)c1. The highest BCUT2D eigenvalue weighted by Crippen LogP contribution is 2.31. The van der Waals surface area contributed by atoms with E-state index in [1.54, 1.807) is 24.3 Å². The number of hydrogen-bond donors (Lipinski definition) is 4. The van der Waals surface area contributed by atoms with E-state index in [1.165, 1.54) is 24.3 Å². The lowest BCUT2D eigenvalue weighted by Gasteiger charge is -2.28. The van der Waals surface area contributed by atoms with Gasteiger partial charge in [0.15, 0.2) is 0 Å². The van der Waals surface area contributed by atoms with Gasteiger partial charge in [0.25, 0.3) is 0 Å². The summed E-state index contributed by atoms with van der Waals surface area (Å²) in [5, 5.41) is 32.7. The molecular weight excluding hydrogens is 513 g/mol. The number of halogens is 2. The minimum absolute atomic E-state index is 0.0342. The van der Waals surface area contributed by atoms with Crippen LogP contribution in [0, 0.1) is 5.82 Å². The van der Waals surface area contributed by atoms with Crippen LogP contribution in [-0.4, -0.2) is 52.1 Å². The number of aliphatic hydroxyl groups excluding tert-OH is 1. The van der Waals surface area contributed by atoms with Crippen molar-refractivity contribution < 1.29 is 34.0 Å². The van der Waals surface area contributed by atoms with E-state index in [4.69, 9.17) is 16.3 Å². The monoisotopic (exact) mass is 543 g/mol. The number of aliphatic hydroxyl groups is 1. The molecule has 38 heavy (non-hydrogen) atoms. The van der Waals surface area contributed by atoms with Crippen molar-refractivity contribution in [1.82, 2.24) is 5.32 Å². The highest BCUT2D eigenvalue weighted by Gasteiger charge is 2.22. The van der Waals surface area contributed by atoms with Gasteiger partial charge >= 0.3 is 11.9 Å². The van der Waals surface area contributed by atoms with Crippen molar-refractivity contribution in [3.8, 4) is 11.1 Å². The van der Waals surface area contributed by atoms with E-state index < -0.39 is 35.5 Å². The predicted molar refractivity (Wildman–Crippen MR) is 143 cm³/mol. The molecular formula is C29H31ClFNO6. The predicted octanol–water partition coefficient (Wildman–Crippen LogP) is 5.59. The summed E-state index contributed by atoms with van der Waals surface area (Å²) in [5.41, 5.74) is 1.76. The Kier molecular flexibility index (Phi) is 9.62. The first-order valence-corrected chi connectivity index (χ1v) is 12.4. The minimum Gasteiger partial charge on any atom is -0.478 e. The molecule has 7 nitrogen and oxygen atoms in total. The number of aromatic carboxylic acids is 2. The van der Waals surface area contributed by atoms with Crippen molar-refractivity contribution in [3.63, 3.8) is 0 Å². The smallest absolute Gasteiger partial charge is 0.336 e. The lowest BCUT2D eigenvalue weighted by molar-refractivity contribution is -0.00397. The molecule has 0 aliphatic heterocycles. The average molecular weight is 544 g/mol. The summed E-state index contributed by atoms with van der Waals surface area (Å²) in [5.74, 6) is -3.12. The van der Waals surface area contributed by atoms with Gasteiger partial charge in [0, 0.05) is 12.1 Å².